The van der Waals surface area contributed by atoms with Gasteiger partial charge in [-0.1, -0.05) is 25.5 Å². The summed E-state index contributed by atoms with van der Waals surface area (Å²) in [6.45, 7) is 7.99. The Morgan fingerprint density at radius 2 is 2.14 bits per heavy atom. The number of rotatable bonds is 6. The highest BCUT2D eigenvalue weighted by Crippen LogP contribution is 2.21. The molecule has 2 aromatic rings. The molecule has 1 unspecified atom stereocenters. The van der Waals surface area contributed by atoms with Crippen LogP contribution in [0.3, 0.4) is 0 Å². The van der Waals surface area contributed by atoms with E-state index in [9.17, 15) is 9.90 Å². The number of aryl methyl sites for hydroxylation is 2. The van der Waals surface area contributed by atoms with Crippen LogP contribution in [0.5, 0.6) is 0 Å². The molecule has 0 spiro atoms. The van der Waals surface area contributed by atoms with Gasteiger partial charge in [0.1, 0.15) is 0 Å². The Hall–Kier alpha value is -1.81. The fraction of sp³-hybridized carbons (Fsp3) is 0.500. The Balaban J connectivity index is 1.92. The minimum atomic E-state index is -0.868. The van der Waals surface area contributed by atoms with Crippen molar-refractivity contribution in [2.45, 2.75) is 46.1 Å². The van der Waals surface area contributed by atoms with Gasteiger partial charge in [-0.15, -0.1) is 0 Å². The molecule has 1 amide bonds. The molecule has 4 heteroatoms. The first-order valence-electron chi connectivity index (χ1n) is 7.85. The lowest BCUT2D eigenvalue weighted by Crippen LogP contribution is -2.44. The molecule has 1 aromatic carbocycles. The van der Waals surface area contributed by atoms with E-state index in [0.717, 1.165) is 11.1 Å². The first-order chi connectivity index (χ1) is 10.3. The molecule has 1 aromatic heterocycles. The molecule has 0 saturated carbocycles. The van der Waals surface area contributed by atoms with Crippen molar-refractivity contribution in [1.29, 1.82) is 0 Å². The van der Waals surface area contributed by atoms with E-state index in [1.807, 2.05) is 20.0 Å². The van der Waals surface area contributed by atoms with Gasteiger partial charge in [0.25, 0.3) is 0 Å². The first-order valence-corrected chi connectivity index (χ1v) is 7.85. The Kier molecular flexibility index (Phi) is 4.91. The van der Waals surface area contributed by atoms with Crippen LogP contribution in [0.4, 0.5) is 0 Å². The van der Waals surface area contributed by atoms with Gasteiger partial charge < -0.3 is 15.4 Å². The fourth-order valence-corrected chi connectivity index (χ4v) is 2.32. The lowest BCUT2D eigenvalue weighted by Gasteiger charge is -2.27. The van der Waals surface area contributed by atoms with Gasteiger partial charge >= 0.3 is 0 Å². The Morgan fingerprint density at radius 3 is 2.82 bits per heavy atom. The summed E-state index contributed by atoms with van der Waals surface area (Å²) < 4.78 is 0. The number of amides is 1. The molecule has 1 heterocycles. The summed E-state index contributed by atoms with van der Waals surface area (Å²) in [4.78, 5) is 15.2. The van der Waals surface area contributed by atoms with Gasteiger partial charge in [0.05, 0.1) is 5.60 Å². The van der Waals surface area contributed by atoms with Crippen molar-refractivity contribution in [2.75, 3.05) is 6.54 Å². The first kappa shape index (κ1) is 16.6. The lowest BCUT2D eigenvalue weighted by molar-refractivity contribution is -0.122. The minimum absolute atomic E-state index is 0.0251. The van der Waals surface area contributed by atoms with Crippen molar-refractivity contribution < 1.29 is 9.90 Å². The van der Waals surface area contributed by atoms with Crippen LogP contribution in [-0.2, 0) is 11.2 Å². The number of carbonyl (C=O) groups excluding carboxylic acids is 1. The van der Waals surface area contributed by atoms with Gasteiger partial charge in [-0.25, -0.2) is 0 Å². The highest BCUT2D eigenvalue weighted by Gasteiger charge is 2.25. The third kappa shape index (κ3) is 3.89. The number of hydrogen-bond acceptors (Lipinski definition) is 2. The van der Waals surface area contributed by atoms with Crippen LogP contribution in [0.15, 0.2) is 24.4 Å². The van der Waals surface area contributed by atoms with Gasteiger partial charge in [-0.05, 0) is 43.9 Å². The van der Waals surface area contributed by atoms with Gasteiger partial charge in [-0.2, -0.15) is 0 Å². The number of aromatic nitrogens is 1. The zero-order chi connectivity index (χ0) is 16.3. The van der Waals surface area contributed by atoms with E-state index in [1.54, 1.807) is 6.92 Å². The SMILES string of the molecule is Cc1ccc2[nH]cc(CCC(=O)NCC(C)(O)C(C)C)c2c1. The Morgan fingerprint density at radius 1 is 1.41 bits per heavy atom. The van der Waals surface area contributed by atoms with Gasteiger partial charge in [0.15, 0.2) is 0 Å². The minimum Gasteiger partial charge on any atom is -0.388 e. The maximum absolute atomic E-state index is 12.0. The molecule has 0 aliphatic heterocycles. The molecule has 0 radical (unpaired) electrons. The van der Waals surface area contributed by atoms with Crippen molar-refractivity contribution in [3.05, 3.63) is 35.5 Å². The number of aromatic amines is 1. The molecular weight excluding hydrogens is 276 g/mol. The summed E-state index contributed by atoms with van der Waals surface area (Å²) >= 11 is 0. The van der Waals surface area contributed by atoms with Crippen molar-refractivity contribution in [1.82, 2.24) is 10.3 Å². The number of H-pyrrole nitrogens is 1. The predicted molar refractivity (Wildman–Crippen MR) is 89.8 cm³/mol. The molecular formula is C18H26N2O2. The van der Waals surface area contributed by atoms with Crippen LogP contribution in [0.1, 0.15) is 38.3 Å². The molecule has 22 heavy (non-hydrogen) atoms. The van der Waals surface area contributed by atoms with Crippen LogP contribution in [0, 0.1) is 12.8 Å². The summed E-state index contributed by atoms with van der Waals surface area (Å²) in [5, 5.41) is 14.2. The van der Waals surface area contributed by atoms with Gasteiger partial charge in [-0.3, -0.25) is 4.79 Å². The van der Waals surface area contributed by atoms with Crippen LogP contribution >= 0.6 is 0 Å². The predicted octanol–water partition coefficient (Wildman–Crippen LogP) is 2.93. The number of hydrogen-bond donors (Lipinski definition) is 3. The second-order valence-electron chi connectivity index (χ2n) is 6.65. The highest BCUT2D eigenvalue weighted by atomic mass is 16.3. The molecule has 2 rings (SSSR count). The zero-order valence-corrected chi connectivity index (χ0v) is 13.9. The van der Waals surface area contributed by atoms with E-state index in [1.165, 1.54) is 10.9 Å². The second kappa shape index (κ2) is 6.53. The summed E-state index contributed by atoms with van der Waals surface area (Å²) in [7, 11) is 0. The smallest absolute Gasteiger partial charge is 0.220 e. The van der Waals surface area contributed by atoms with Crippen LogP contribution in [0.2, 0.25) is 0 Å². The number of nitrogens with one attached hydrogen (secondary N) is 2. The van der Waals surface area contributed by atoms with Crippen molar-refractivity contribution in [3.63, 3.8) is 0 Å². The average Bonchev–Trinajstić information content (AvgIpc) is 2.85. The summed E-state index contributed by atoms with van der Waals surface area (Å²) in [5.74, 6) is 0.0762. The van der Waals surface area contributed by atoms with Crippen LogP contribution in [-0.4, -0.2) is 28.1 Å². The van der Waals surface area contributed by atoms with E-state index in [-0.39, 0.29) is 18.4 Å². The average molecular weight is 302 g/mol. The molecule has 4 nitrogen and oxygen atoms in total. The molecule has 0 saturated heterocycles. The third-order valence-electron chi connectivity index (χ3n) is 4.43. The fourth-order valence-electron chi connectivity index (χ4n) is 2.32. The van der Waals surface area contributed by atoms with Crippen molar-refractivity contribution >= 4 is 16.8 Å². The number of aliphatic hydroxyl groups is 1. The molecule has 0 aliphatic carbocycles. The molecule has 0 aliphatic rings. The van der Waals surface area contributed by atoms with E-state index < -0.39 is 5.60 Å². The van der Waals surface area contributed by atoms with E-state index in [0.29, 0.717) is 12.8 Å². The second-order valence-corrected chi connectivity index (χ2v) is 6.65. The monoisotopic (exact) mass is 302 g/mol. The number of carbonyl (C=O) groups is 1. The van der Waals surface area contributed by atoms with Gasteiger partial charge in [0.2, 0.25) is 5.91 Å². The van der Waals surface area contributed by atoms with E-state index >= 15 is 0 Å². The van der Waals surface area contributed by atoms with Crippen LogP contribution in [0.25, 0.3) is 10.9 Å². The number of fused-ring (bicyclic) bond motifs is 1. The summed E-state index contributed by atoms with van der Waals surface area (Å²) in [6, 6.07) is 6.28. The maximum Gasteiger partial charge on any atom is 0.220 e. The summed E-state index contributed by atoms with van der Waals surface area (Å²) in [5.41, 5.74) is 2.60. The van der Waals surface area contributed by atoms with Gasteiger partial charge in [0, 0.05) is 30.1 Å². The normalized spacial score (nSPS) is 14.3. The Bertz CT molecular complexity index is 656. The topological polar surface area (TPSA) is 65.1 Å². The number of benzene rings is 1. The molecule has 1 atom stereocenters. The van der Waals surface area contributed by atoms with Crippen LogP contribution < -0.4 is 5.32 Å². The molecule has 0 bridgehead atoms. The third-order valence-corrected chi connectivity index (χ3v) is 4.43. The van der Waals surface area contributed by atoms with E-state index in [2.05, 4.69) is 35.4 Å². The molecule has 120 valence electrons. The molecule has 0 fully saturated rings. The van der Waals surface area contributed by atoms with Crippen molar-refractivity contribution in [2.24, 2.45) is 5.92 Å². The van der Waals surface area contributed by atoms with E-state index in [4.69, 9.17) is 0 Å². The Labute approximate surface area is 131 Å². The summed E-state index contributed by atoms with van der Waals surface area (Å²) in [6.07, 6.45) is 3.09. The lowest BCUT2D eigenvalue weighted by atomic mass is 9.92. The largest absolute Gasteiger partial charge is 0.388 e. The van der Waals surface area contributed by atoms with Crippen molar-refractivity contribution in [3.8, 4) is 0 Å². The standard InChI is InChI=1S/C18H26N2O2/c1-12(2)18(4,22)11-20-17(21)8-6-14-10-19-16-7-5-13(3)9-15(14)16/h5,7,9-10,12,19,22H,6,8,11H2,1-4H3,(H,20,21). The highest BCUT2D eigenvalue weighted by molar-refractivity contribution is 5.84. The maximum atomic E-state index is 12.0. The molecule has 3 N–H and O–H groups in total. The quantitative estimate of drug-likeness (QED) is 0.768. The zero-order valence-electron chi connectivity index (χ0n) is 13.9.